The second-order valence-electron chi connectivity index (χ2n) is 8.58. The van der Waals surface area contributed by atoms with Crippen LogP contribution in [-0.2, 0) is 0 Å². The fourth-order valence-electron chi connectivity index (χ4n) is 4.84. The van der Waals surface area contributed by atoms with Crippen LogP contribution in [0.4, 0.5) is 5.69 Å². The maximum absolute atomic E-state index is 12.8. The zero-order valence-electron chi connectivity index (χ0n) is 18.0. The first-order chi connectivity index (χ1) is 14.0. The highest BCUT2D eigenvalue weighted by Gasteiger charge is 2.38. The van der Waals surface area contributed by atoms with E-state index in [9.17, 15) is 4.79 Å². The van der Waals surface area contributed by atoms with Crippen molar-refractivity contribution in [2.24, 2.45) is 5.92 Å². The van der Waals surface area contributed by atoms with Crippen molar-refractivity contribution in [2.45, 2.75) is 52.0 Å². The first kappa shape index (κ1) is 19.8. The molecule has 2 aromatic rings. The monoisotopic (exact) mass is 388 g/mol. The summed E-state index contributed by atoms with van der Waals surface area (Å²) in [6.45, 7) is 10.0. The fourth-order valence-corrected chi connectivity index (χ4v) is 4.84. The Morgan fingerprint density at radius 3 is 2.48 bits per heavy atom. The second kappa shape index (κ2) is 8.06. The van der Waals surface area contributed by atoms with Gasteiger partial charge in [-0.3, -0.25) is 4.79 Å². The topological polar surface area (TPSA) is 32.3 Å². The predicted molar refractivity (Wildman–Crippen MR) is 121 cm³/mol. The molecule has 3 heteroatoms. The fraction of sp³-hybridized carbons (Fsp3) is 0.423. The molecular weight excluding hydrogens is 356 g/mol. The van der Waals surface area contributed by atoms with Gasteiger partial charge in [0.05, 0.1) is 6.04 Å². The lowest BCUT2D eigenvalue weighted by molar-refractivity contribution is 0.0773. The van der Waals surface area contributed by atoms with Crippen LogP contribution in [0.5, 0.6) is 0 Å². The largest absolute Gasteiger partial charge is 0.378 e. The van der Waals surface area contributed by atoms with Crippen molar-refractivity contribution in [2.75, 3.05) is 18.4 Å². The smallest absolute Gasteiger partial charge is 0.253 e. The van der Waals surface area contributed by atoms with Gasteiger partial charge in [-0.2, -0.15) is 0 Å². The van der Waals surface area contributed by atoms with Crippen LogP contribution in [0, 0.1) is 5.92 Å². The zero-order valence-corrected chi connectivity index (χ0v) is 18.0. The summed E-state index contributed by atoms with van der Waals surface area (Å²) in [5.74, 6) is 1.53. The summed E-state index contributed by atoms with van der Waals surface area (Å²) in [7, 11) is 0. The van der Waals surface area contributed by atoms with Gasteiger partial charge in [-0.05, 0) is 67.0 Å². The van der Waals surface area contributed by atoms with E-state index in [-0.39, 0.29) is 5.91 Å². The van der Waals surface area contributed by atoms with Crippen LogP contribution >= 0.6 is 0 Å². The van der Waals surface area contributed by atoms with Gasteiger partial charge < -0.3 is 10.2 Å². The third-order valence-corrected chi connectivity index (χ3v) is 6.62. The number of allylic oxidation sites excluding steroid dienone is 2. The number of hydrogen-bond acceptors (Lipinski definition) is 2. The molecule has 0 saturated heterocycles. The van der Waals surface area contributed by atoms with E-state index in [2.05, 4.69) is 67.7 Å². The van der Waals surface area contributed by atoms with Crippen LogP contribution in [0.2, 0.25) is 0 Å². The highest BCUT2D eigenvalue weighted by Crippen LogP contribution is 2.50. The molecule has 1 amide bonds. The number of carbonyl (C=O) groups is 1. The van der Waals surface area contributed by atoms with E-state index in [4.69, 9.17) is 0 Å². The van der Waals surface area contributed by atoms with Crippen LogP contribution in [0.3, 0.4) is 0 Å². The van der Waals surface area contributed by atoms with Gasteiger partial charge in [-0.1, -0.05) is 50.3 Å². The zero-order chi connectivity index (χ0) is 20.5. The van der Waals surface area contributed by atoms with Crippen molar-refractivity contribution < 1.29 is 4.79 Å². The van der Waals surface area contributed by atoms with Crippen molar-refractivity contribution in [1.29, 1.82) is 0 Å². The van der Waals surface area contributed by atoms with E-state index in [0.29, 0.717) is 23.8 Å². The number of amides is 1. The Morgan fingerprint density at radius 1 is 1.10 bits per heavy atom. The maximum atomic E-state index is 12.8. The average molecular weight is 389 g/mol. The van der Waals surface area contributed by atoms with Crippen molar-refractivity contribution in [3.8, 4) is 0 Å². The second-order valence-corrected chi connectivity index (χ2v) is 8.58. The highest BCUT2D eigenvalue weighted by molar-refractivity contribution is 5.95. The molecule has 1 heterocycles. The van der Waals surface area contributed by atoms with Gasteiger partial charge in [-0.15, -0.1) is 0 Å². The minimum Gasteiger partial charge on any atom is -0.378 e. The van der Waals surface area contributed by atoms with Crippen molar-refractivity contribution in [1.82, 2.24) is 4.90 Å². The molecular formula is C26H32N2O. The summed E-state index contributed by atoms with van der Waals surface area (Å²) in [6.07, 6.45) is 5.72. The molecule has 0 radical (unpaired) electrons. The molecule has 4 rings (SSSR count). The molecule has 29 heavy (non-hydrogen) atoms. The molecule has 0 aromatic heterocycles. The van der Waals surface area contributed by atoms with E-state index in [1.807, 2.05) is 24.8 Å². The molecule has 3 unspecified atom stereocenters. The Bertz CT molecular complexity index is 909. The molecule has 3 atom stereocenters. The summed E-state index contributed by atoms with van der Waals surface area (Å²) in [4.78, 5) is 14.7. The summed E-state index contributed by atoms with van der Waals surface area (Å²) in [5.41, 5.74) is 5.95. The third-order valence-electron chi connectivity index (χ3n) is 6.62. The van der Waals surface area contributed by atoms with Crippen LogP contribution in [0.1, 0.15) is 79.0 Å². The Balaban J connectivity index is 1.66. The minimum atomic E-state index is 0.128. The lowest BCUT2D eigenvalue weighted by Crippen LogP contribution is -2.32. The lowest BCUT2D eigenvalue weighted by Gasteiger charge is -2.38. The first-order valence-electron chi connectivity index (χ1n) is 11.0. The Morgan fingerprint density at radius 2 is 1.83 bits per heavy atom. The van der Waals surface area contributed by atoms with E-state index in [1.54, 1.807) is 0 Å². The molecule has 1 N–H and O–H groups in total. The van der Waals surface area contributed by atoms with E-state index >= 15 is 0 Å². The van der Waals surface area contributed by atoms with Crippen LogP contribution in [-0.4, -0.2) is 23.9 Å². The summed E-state index contributed by atoms with van der Waals surface area (Å²) in [6, 6.07) is 15.6. The highest BCUT2D eigenvalue weighted by atomic mass is 16.2. The molecule has 2 aromatic carbocycles. The Kier molecular flexibility index (Phi) is 5.49. The van der Waals surface area contributed by atoms with Gasteiger partial charge in [0.25, 0.3) is 5.91 Å². The number of nitrogens with zero attached hydrogens (tertiary/aromatic N) is 1. The number of carbonyl (C=O) groups excluding carboxylic acids is 1. The number of benzene rings is 2. The van der Waals surface area contributed by atoms with Crippen LogP contribution in [0.25, 0.3) is 0 Å². The summed E-state index contributed by atoms with van der Waals surface area (Å²) < 4.78 is 0. The molecule has 0 saturated carbocycles. The van der Waals surface area contributed by atoms with Crippen LogP contribution in [0.15, 0.2) is 54.6 Å². The SMILES string of the molecule is CCN(CC)C(=O)c1ccc2c(c1)C1C=CCC1C(c1ccc(C(C)C)cc1)N2. The normalized spacial score (nSPS) is 22.2. The average Bonchev–Trinajstić information content (AvgIpc) is 3.24. The molecule has 3 nitrogen and oxygen atoms in total. The standard InChI is InChI=1S/C26H32N2O/c1-5-28(6-2)26(29)20-14-15-24-23(16-20)21-8-7-9-22(21)25(27-24)19-12-10-18(11-13-19)17(3)4/h7-8,10-17,21-22,25,27H,5-6,9H2,1-4H3. The first-order valence-corrected chi connectivity index (χ1v) is 11.0. The van der Waals surface area contributed by atoms with Gasteiger partial charge in [0, 0.05) is 30.3 Å². The molecule has 0 fully saturated rings. The molecule has 0 spiro atoms. The Labute approximate surface area is 174 Å². The van der Waals surface area contributed by atoms with Gasteiger partial charge in [0.2, 0.25) is 0 Å². The molecule has 0 bridgehead atoms. The third kappa shape index (κ3) is 3.59. The number of nitrogens with one attached hydrogen (secondary N) is 1. The number of rotatable bonds is 5. The maximum Gasteiger partial charge on any atom is 0.253 e. The van der Waals surface area contributed by atoms with E-state index in [1.165, 1.54) is 16.7 Å². The minimum absolute atomic E-state index is 0.128. The van der Waals surface area contributed by atoms with E-state index < -0.39 is 0 Å². The van der Waals surface area contributed by atoms with E-state index in [0.717, 1.165) is 30.8 Å². The van der Waals surface area contributed by atoms with Crippen molar-refractivity contribution in [3.05, 3.63) is 76.9 Å². The molecule has 1 aliphatic heterocycles. The summed E-state index contributed by atoms with van der Waals surface area (Å²) in [5, 5.41) is 3.79. The van der Waals surface area contributed by atoms with Gasteiger partial charge >= 0.3 is 0 Å². The Hall–Kier alpha value is -2.55. The quantitative estimate of drug-likeness (QED) is 0.626. The predicted octanol–water partition coefficient (Wildman–Crippen LogP) is 6.12. The van der Waals surface area contributed by atoms with Gasteiger partial charge in [0.1, 0.15) is 0 Å². The number of fused-ring (bicyclic) bond motifs is 3. The van der Waals surface area contributed by atoms with Gasteiger partial charge in [0.15, 0.2) is 0 Å². The van der Waals surface area contributed by atoms with Gasteiger partial charge in [-0.25, -0.2) is 0 Å². The van der Waals surface area contributed by atoms with Crippen molar-refractivity contribution in [3.63, 3.8) is 0 Å². The molecule has 152 valence electrons. The van der Waals surface area contributed by atoms with Crippen LogP contribution < -0.4 is 5.32 Å². The van der Waals surface area contributed by atoms with Crippen molar-refractivity contribution >= 4 is 11.6 Å². The summed E-state index contributed by atoms with van der Waals surface area (Å²) >= 11 is 0. The molecule has 1 aliphatic carbocycles. The number of hydrogen-bond donors (Lipinski definition) is 1. The molecule has 2 aliphatic rings. The number of anilines is 1. The lowest BCUT2D eigenvalue weighted by atomic mass is 9.76.